The predicted molar refractivity (Wildman–Crippen MR) is 108 cm³/mol. The van der Waals surface area contributed by atoms with Crippen molar-refractivity contribution in [1.82, 2.24) is 10.2 Å². The summed E-state index contributed by atoms with van der Waals surface area (Å²) in [5, 5.41) is 3.23. The van der Waals surface area contributed by atoms with Gasteiger partial charge in [-0.3, -0.25) is 9.59 Å². The largest absolute Gasteiger partial charge is 0.357 e. The van der Waals surface area contributed by atoms with Crippen LogP contribution in [0.2, 0.25) is 5.02 Å². The molecule has 0 aromatic heterocycles. The molecule has 2 aromatic rings. The number of likely N-dealkylation sites (N-methyl/N-ethyl adjacent to an activating group) is 1. The van der Waals surface area contributed by atoms with Crippen molar-refractivity contribution in [2.24, 2.45) is 0 Å². The van der Waals surface area contributed by atoms with Crippen LogP contribution in [-0.4, -0.2) is 35.6 Å². The Morgan fingerprint density at radius 2 is 1.81 bits per heavy atom. The first-order chi connectivity index (χ1) is 12.5. The molecule has 4 nitrogen and oxygen atoms in total. The molecule has 0 aliphatic rings. The molecule has 138 valence electrons. The molecule has 0 heterocycles. The molecule has 0 bridgehead atoms. The van der Waals surface area contributed by atoms with Gasteiger partial charge in [-0.2, -0.15) is 0 Å². The second kappa shape index (κ2) is 10.2. The number of thioether (sulfide) groups is 1. The van der Waals surface area contributed by atoms with Crippen molar-refractivity contribution in [3.63, 3.8) is 0 Å². The molecule has 6 heteroatoms. The van der Waals surface area contributed by atoms with Gasteiger partial charge in [0.25, 0.3) is 0 Å². The van der Waals surface area contributed by atoms with Crippen molar-refractivity contribution in [2.75, 3.05) is 12.8 Å². The van der Waals surface area contributed by atoms with Crippen LogP contribution in [0.3, 0.4) is 0 Å². The average molecular weight is 391 g/mol. The third kappa shape index (κ3) is 6.07. The first kappa shape index (κ1) is 20.3. The zero-order chi connectivity index (χ0) is 18.9. The first-order valence-corrected chi connectivity index (χ1v) is 9.91. The summed E-state index contributed by atoms with van der Waals surface area (Å²) in [5.41, 5.74) is 2.07. The highest BCUT2D eigenvalue weighted by Gasteiger charge is 2.25. The molecule has 2 amide bonds. The third-order valence-electron chi connectivity index (χ3n) is 3.99. The summed E-state index contributed by atoms with van der Waals surface area (Å²) in [6.07, 6.45) is 0. The second-order valence-electron chi connectivity index (χ2n) is 5.92. The molecule has 0 saturated heterocycles. The van der Waals surface area contributed by atoms with E-state index in [4.69, 9.17) is 11.6 Å². The summed E-state index contributed by atoms with van der Waals surface area (Å²) < 4.78 is 0. The van der Waals surface area contributed by atoms with E-state index in [0.717, 1.165) is 11.3 Å². The Morgan fingerprint density at radius 3 is 2.46 bits per heavy atom. The SMILES string of the molecule is CNC(=O)[C@H](C)N(Cc1cccc(Cl)c1)C(=O)CSCc1ccccc1. The molecule has 0 aliphatic heterocycles. The minimum atomic E-state index is -0.552. The molecular weight excluding hydrogens is 368 g/mol. The van der Waals surface area contributed by atoms with Crippen LogP contribution in [0.1, 0.15) is 18.1 Å². The van der Waals surface area contributed by atoms with Gasteiger partial charge in [-0.25, -0.2) is 0 Å². The lowest BCUT2D eigenvalue weighted by Crippen LogP contribution is -2.47. The Hall–Kier alpha value is -1.98. The Morgan fingerprint density at radius 1 is 1.12 bits per heavy atom. The zero-order valence-electron chi connectivity index (χ0n) is 14.9. The quantitative estimate of drug-likeness (QED) is 0.747. The number of hydrogen-bond acceptors (Lipinski definition) is 3. The van der Waals surface area contributed by atoms with E-state index in [2.05, 4.69) is 5.32 Å². The second-order valence-corrected chi connectivity index (χ2v) is 7.34. The van der Waals surface area contributed by atoms with Crippen LogP contribution >= 0.6 is 23.4 Å². The molecule has 1 N–H and O–H groups in total. The lowest BCUT2D eigenvalue weighted by Gasteiger charge is -2.28. The van der Waals surface area contributed by atoms with Crippen LogP contribution in [0.4, 0.5) is 0 Å². The van der Waals surface area contributed by atoms with Gasteiger partial charge >= 0.3 is 0 Å². The Kier molecular flexibility index (Phi) is 8.01. The third-order valence-corrected chi connectivity index (χ3v) is 5.22. The van der Waals surface area contributed by atoms with E-state index in [1.807, 2.05) is 48.5 Å². The molecule has 26 heavy (non-hydrogen) atoms. The molecule has 0 spiro atoms. The van der Waals surface area contributed by atoms with E-state index in [-0.39, 0.29) is 11.8 Å². The van der Waals surface area contributed by atoms with E-state index in [1.165, 1.54) is 5.56 Å². The van der Waals surface area contributed by atoms with Crippen LogP contribution < -0.4 is 5.32 Å². The summed E-state index contributed by atoms with van der Waals surface area (Å²) in [7, 11) is 1.57. The molecule has 0 radical (unpaired) electrons. The number of nitrogens with zero attached hydrogens (tertiary/aromatic N) is 1. The standard InChI is InChI=1S/C20H23ClN2O2S/c1-15(20(25)22-2)23(12-17-9-6-10-18(21)11-17)19(24)14-26-13-16-7-4-3-5-8-16/h3-11,15H,12-14H2,1-2H3,(H,22,25)/t15-/m0/s1. The number of amides is 2. The van der Waals surface area contributed by atoms with Gasteiger partial charge < -0.3 is 10.2 Å². The Bertz CT molecular complexity index is 740. The summed E-state index contributed by atoms with van der Waals surface area (Å²) in [5.74, 6) is 0.818. The van der Waals surface area contributed by atoms with Crippen LogP contribution in [0.15, 0.2) is 54.6 Å². The van der Waals surface area contributed by atoms with Gasteiger partial charge in [-0.1, -0.05) is 54.1 Å². The highest BCUT2D eigenvalue weighted by Crippen LogP contribution is 2.17. The number of halogens is 1. The number of carbonyl (C=O) groups excluding carboxylic acids is 2. The highest BCUT2D eigenvalue weighted by atomic mass is 35.5. The van der Waals surface area contributed by atoms with Crippen molar-refractivity contribution in [3.05, 3.63) is 70.7 Å². The lowest BCUT2D eigenvalue weighted by molar-refractivity contribution is -0.138. The average Bonchev–Trinajstić information content (AvgIpc) is 2.65. The number of carbonyl (C=O) groups is 2. The minimum Gasteiger partial charge on any atom is -0.357 e. The molecule has 0 fully saturated rings. The monoisotopic (exact) mass is 390 g/mol. The van der Waals surface area contributed by atoms with E-state index >= 15 is 0 Å². The lowest BCUT2D eigenvalue weighted by atomic mass is 10.1. The van der Waals surface area contributed by atoms with Crippen LogP contribution in [0.5, 0.6) is 0 Å². The number of rotatable bonds is 8. The molecule has 0 saturated carbocycles. The van der Waals surface area contributed by atoms with E-state index in [1.54, 1.807) is 36.7 Å². The minimum absolute atomic E-state index is 0.0676. The smallest absolute Gasteiger partial charge is 0.242 e. The normalized spacial score (nSPS) is 11.7. The zero-order valence-corrected chi connectivity index (χ0v) is 16.5. The van der Waals surface area contributed by atoms with Crippen molar-refractivity contribution >= 4 is 35.2 Å². The van der Waals surface area contributed by atoms with Crippen molar-refractivity contribution in [2.45, 2.75) is 25.3 Å². The highest BCUT2D eigenvalue weighted by molar-refractivity contribution is 7.99. The summed E-state index contributed by atoms with van der Waals surface area (Å²) in [6.45, 7) is 2.09. The van der Waals surface area contributed by atoms with Crippen LogP contribution in [0, 0.1) is 0 Å². The molecule has 1 atom stereocenters. The maximum absolute atomic E-state index is 12.8. The topological polar surface area (TPSA) is 49.4 Å². The van der Waals surface area contributed by atoms with E-state index in [0.29, 0.717) is 17.3 Å². The van der Waals surface area contributed by atoms with Crippen LogP contribution in [0.25, 0.3) is 0 Å². The summed E-state index contributed by atoms with van der Waals surface area (Å²) in [6, 6.07) is 16.8. The molecule has 0 aliphatic carbocycles. The fraction of sp³-hybridized carbons (Fsp3) is 0.300. The number of hydrogen-bond donors (Lipinski definition) is 1. The van der Waals surface area contributed by atoms with Crippen molar-refractivity contribution in [1.29, 1.82) is 0 Å². The number of nitrogens with one attached hydrogen (secondary N) is 1. The van der Waals surface area contributed by atoms with E-state index < -0.39 is 6.04 Å². The van der Waals surface area contributed by atoms with Gasteiger partial charge in [-0.05, 0) is 30.2 Å². The van der Waals surface area contributed by atoms with Gasteiger partial charge in [0.05, 0.1) is 5.75 Å². The fourth-order valence-corrected chi connectivity index (χ4v) is 3.62. The molecule has 2 aromatic carbocycles. The Labute approximate surface area is 163 Å². The molecule has 2 rings (SSSR count). The maximum Gasteiger partial charge on any atom is 0.242 e. The Balaban J connectivity index is 2.04. The van der Waals surface area contributed by atoms with Gasteiger partial charge in [0.2, 0.25) is 11.8 Å². The van der Waals surface area contributed by atoms with E-state index in [9.17, 15) is 9.59 Å². The van der Waals surface area contributed by atoms with Crippen molar-refractivity contribution < 1.29 is 9.59 Å². The van der Waals surface area contributed by atoms with Gasteiger partial charge in [0, 0.05) is 24.4 Å². The first-order valence-electron chi connectivity index (χ1n) is 8.38. The number of benzene rings is 2. The molecule has 0 unspecified atom stereocenters. The van der Waals surface area contributed by atoms with Crippen LogP contribution in [-0.2, 0) is 21.9 Å². The van der Waals surface area contributed by atoms with Gasteiger partial charge in [-0.15, -0.1) is 11.8 Å². The fourth-order valence-electron chi connectivity index (χ4n) is 2.54. The van der Waals surface area contributed by atoms with Crippen molar-refractivity contribution in [3.8, 4) is 0 Å². The predicted octanol–water partition coefficient (Wildman–Crippen LogP) is 3.74. The maximum atomic E-state index is 12.8. The van der Waals surface area contributed by atoms with Gasteiger partial charge in [0.15, 0.2) is 0 Å². The van der Waals surface area contributed by atoms with Gasteiger partial charge in [0.1, 0.15) is 6.04 Å². The molecular formula is C20H23ClN2O2S. The summed E-state index contributed by atoms with van der Waals surface area (Å²) in [4.78, 5) is 26.4. The summed E-state index contributed by atoms with van der Waals surface area (Å²) >= 11 is 7.59.